The molecule has 21 heavy (non-hydrogen) atoms. The molecule has 116 valence electrons. The predicted octanol–water partition coefficient (Wildman–Crippen LogP) is 3.41. The number of nitrogens with two attached hydrogens (primary N) is 1. The Labute approximate surface area is 127 Å². The summed E-state index contributed by atoms with van der Waals surface area (Å²) in [5.41, 5.74) is 7.70. The molecular formula is C17H27N3O. The maximum Gasteiger partial charge on any atom is 0.319 e. The second-order valence-corrected chi connectivity index (χ2v) is 6.28. The van der Waals surface area contributed by atoms with Crippen LogP contribution in [0.1, 0.15) is 44.6 Å². The Balaban J connectivity index is 1.92. The van der Waals surface area contributed by atoms with Crippen LogP contribution in [0.15, 0.2) is 24.3 Å². The van der Waals surface area contributed by atoms with Gasteiger partial charge in [0, 0.05) is 12.2 Å². The topological polar surface area (TPSA) is 67.1 Å². The zero-order valence-corrected chi connectivity index (χ0v) is 13.1. The first-order chi connectivity index (χ1) is 10.1. The van der Waals surface area contributed by atoms with Gasteiger partial charge in [-0.2, -0.15) is 0 Å². The van der Waals surface area contributed by atoms with E-state index >= 15 is 0 Å². The van der Waals surface area contributed by atoms with E-state index in [-0.39, 0.29) is 11.6 Å². The van der Waals surface area contributed by atoms with E-state index in [1.54, 1.807) is 0 Å². The van der Waals surface area contributed by atoms with Crippen molar-refractivity contribution in [3.05, 3.63) is 29.8 Å². The maximum absolute atomic E-state index is 12.2. The van der Waals surface area contributed by atoms with Crippen LogP contribution in [0.3, 0.4) is 0 Å². The second kappa shape index (κ2) is 6.94. The number of nitrogens with one attached hydrogen (secondary N) is 2. The molecule has 1 aliphatic rings. The van der Waals surface area contributed by atoms with Crippen molar-refractivity contribution >= 4 is 11.7 Å². The fourth-order valence-electron chi connectivity index (χ4n) is 3.06. The number of rotatable bonds is 4. The Morgan fingerprint density at radius 3 is 2.43 bits per heavy atom. The molecule has 0 aromatic heterocycles. The Morgan fingerprint density at radius 1 is 1.29 bits per heavy atom. The summed E-state index contributed by atoms with van der Waals surface area (Å²) >= 11 is 0. The summed E-state index contributed by atoms with van der Waals surface area (Å²) in [5, 5.41) is 6.01. The minimum absolute atomic E-state index is 0.153. The summed E-state index contributed by atoms with van der Waals surface area (Å²) < 4.78 is 0. The van der Waals surface area contributed by atoms with Gasteiger partial charge in [-0.3, -0.25) is 0 Å². The van der Waals surface area contributed by atoms with Gasteiger partial charge in [0.1, 0.15) is 0 Å². The third kappa shape index (κ3) is 4.21. The molecule has 4 nitrogen and oxygen atoms in total. The van der Waals surface area contributed by atoms with Gasteiger partial charge in [0.15, 0.2) is 0 Å². The molecule has 1 saturated carbocycles. The number of carbonyl (C=O) groups is 1. The van der Waals surface area contributed by atoms with Crippen LogP contribution in [0.5, 0.6) is 0 Å². The molecule has 4 heteroatoms. The number of anilines is 1. The molecule has 0 atom stereocenters. The van der Waals surface area contributed by atoms with Crippen LogP contribution in [0.4, 0.5) is 10.5 Å². The lowest BCUT2D eigenvalue weighted by Crippen LogP contribution is -2.56. The third-order valence-corrected chi connectivity index (χ3v) is 4.72. The maximum atomic E-state index is 12.2. The number of aryl methyl sites for hydroxylation is 1. The monoisotopic (exact) mass is 289 g/mol. The smallest absolute Gasteiger partial charge is 0.319 e. The van der Waals surface area contributed by atoms with Crippen LogP contribution in [-0.2, 0) is 0 Å². The van der Waals surface area contributed by atoms with E-state index in [2.05, 4.69) is 17.6 Å². The number of hydrogen-bond acceptors (Lipinski definition) is 2. The number of carbonyl (C=O) groups excluding carboxylic acids is 1. The van der Waals surface area contributed by atoms with Crippen molar-refractivity contribution in [3.8, 4) is 0 Å². The number of benzene rings is 1. The number of hydrogen-bond donors (Lipinski definition) is 3. The van der Waals surface area contributed by atoms with Crippen molar-refractivity contribution < 1.29 is 4.79 Å². The largest absolute Gasteiger partial charge is 0.331 e. The molecule has 0 aliphatic heterocycles. The molecule has 0 unspecified atom stereocenters. The standard InChI is InChI=1S/C17H27N3O/c1-3-14-8-10-17(12-18,11-9-14)20-16(21)19-15-6-4-13(2)5-7-15/h4-7,14H,3,8-12,18H2,1-2H3,(H2,19,20,21). The predicted molar refractivity (Wildman–Crippen MR) is 87.4 cm³/mol. The Hall–Kier alpha value is -1.55. The third-order valence-electron chi connectivity index (χ3n) is 4.72. The highest BCUT2D eigenvalue weighted by atomic mass is 16.2. The fraction of sp³-hybridized carbons (Fsp3) is 0.588. The van der Waals surface area contributed by atoms with Crippen molar-refractivity contribution in [2.24, 2.45) is 11.7 Å². The molecule has 1 aromatic carbocycles. The van der Waals surface area contributed by atoms with Crippen LogP contribution < -0.4 is 16.4 Å². The Bertz CT molecular complexity index is 461. The number of amides is 2. The van der Waals surface area contributed by atoms with E-state index in [1.807, 2.05) is 31.2 Å². The van der Waals surface area contributed by atoms with Crippen LogP contribution >= 0.6 is 0 Å². The zero-order valence-electron chi connectivity index (χ0n) is 13.1. The molecule has 1 fully saturated rings. The molecule has 2 amide bonds. The van der Waals surface area contributed by atoms with Crippen LogP contribution in [0, 0.1) is 12.8 Å². The van der Waals surface area contributed by atoms with Gasteiger partial charge in [-0.15, -0.1) is 0 Å². The lowest BCUT2D eigenvalue weighted by Gasteiger charge is -2.39. The SMILES string of the molecule is CCC1CCC(CN)(NC(=O)Nc2ccc(C)cc2)CC1. The van der Waals surface area contributed by atoms with Crippen molar-refractivity contribution in [2.45, 2.75) is 51.5 Å². The minimum atomic E-state index is -0.236. The highest BCUT2D eigenvalue weighted by Gasteiger charge is 2.34. The summed E-state index contributed by atoms with van der Waals surface area (Å²) in [6.07, 6.45) is 5.47. The van der Waals surface area contributed by atoms with Gasteiger partial charge in [0.05, 0.1) is 5.54 Å². The van der Waals surface area contributed by atoms with Crippen molar-refractivity contribution in [2.75, 3.05) is 11.9 Å². The van der Waals surface area contributed by atoms with E-state index in [4.69, 9.17) is 5.73 Å². The lowest BCUT2D eigenvalue weighted by atomic mass is 9.75. The van der Waals surface area contributed by atoms with Crippen molar-refractivity contribution in [1.82, 2.24) is 5.32 Å². The highest BCUT2D eigenvalue weighted by molar-refractivity contribution is 5.89. The first-order valence-corrected chi connectivity index (χ1v) is 7.93. The van der Waals surface area contributed by atoms with Crippen LogP contribution in [0.25, 0.3) is 0 Å². The fourth-order valence-corrected chi connectivity index (χ4v) is 3.06. The van der Waals surface area contributed by atoms with Gasteiger partial charge >= 0.3 is 6.03 Å². The summed E-state index contributed by atoms with van der Waals surface area (Å²) in [4.78, 5) is 12.2. The summed E-state index contributed by atoms with van der Waals surface area (Å²) in [6.45, 7) is 4.77. The summed E-state index contributed by atoms with van der Waals surface area (Å²) in [6, 6.07) is 7.65. The van der Waals surface area contributed by atoms with Gasteiger partial charge in [0.2, 0.25) is 0 Å². The first kappa shape index (κ1) is 15.8. The Morgan fingerprint density at radius 2 is 1.90 bits per heavy atom. The molecule has 2 rings (SSSR count). The van der Waals surface area contributed by atoms with Gasteiger partial charge in [-0.25, -0.2) is 4.79 Å². The molecule has 0 saturated heterocycles. The molecule has 1 aromatic rings. The molecular weight excluding hydrogens is 262 g/mol. The van der Waals surface area contributed by atoms with Crippen molar-refractivity contribution in [3.63, 3.8) is 0 Å². The van der Waals surface area contributed by atoms with E-state index in [1.165, 1.54) is 12.0 Å². The number of urea groups is 1. The molecule has 4 N–H and O–H groups in total. The highest BCUT2D eigenvalue weighted by Crippen LogP contribution is 2.33. The van der Waals surface area contributed by atoms with E-state index in [0.717, 1.165) is 37.3 Å². The Kier molecular flexibility index (Phi) is 5.23. The lowest BCUT2D eigenvalue weighted by molar-refractivity contribution is 0.189. The average Bonchev–Trinajstić information content (AvgIpc) is 2.50. The zero-order chi connectivity index (χ0) is 15.3. The summed E-state index contributed by atoms with van der Waals surface area (Å²) in [7, 11) is 0. The van der Waals surface area contributed by atoms with E-state index in [0.29, 0.717) is 6.54 Å². The normalized spacial score (nSPS) is 25.4. The van der Waals surface area contributed by atoms with Crippen LogP contribution in [0.2, 0.25) is 0 Å². The molecule has 0 bridgehead atoms. The van der Waals surface area contributed by atoms with Gasteiger partial charge in [-0.1, -0.05) is 31.0 Å². The minimum Gasteiger partial charge on any atom is -0.331 e. The molecule has 0 spiro atoms. The molecule has 1 aliphatic carbocycles. The average molecular weight is 289 g/mol. The van der Waals surface area contributed by atoms with E-state index < -0.39 is 0 Å². The summed E-state index contributed by atoms with van der Waals surface area (Å²) in [5.74, 6) is 0.784. The van der Waals surface area contributed by atoms with Crippen molar-refractivity contribution in [1.29, 1.82) is 0 Å². The molecule has 0 radical (unpaired) electrons. The van der Waals surface area contributed by atoms with Gasteiger partial charge in [-0.05, 0) is 50.7 Å². The molecule has 0 heterocycles. The van der Waals surface area contributed by atoms with Crippen LogP contribution in [-0.4, -0.2) is 18.1 Å². The van der Waals surface area contributed by atoms with E-state index in [9.17, 15) is 4.79 Å². The second-order valence-electron chi connectivity index (χ2n) is 6.28. The van der Waals surface area contributed by atoms with Gasteiger partial charge in [0.25, 0.3) is 0 Å². The van der Waals surface area contributed by atoms with Gasteiger partial charge < -0.3 is 16.4 Å². The first-order valence-electron chi connectivity index (χ1n) is 7.93. The quantitative estimate of drug-likeness (QED) is 0.795.